The summed E-state index contributed by atoms with van der Waals surface area (Å²) in [4.78, 5) is 11.0. The van der Waals surface area contributed by atoms with Gasteiger partial charge in [-0.05, 0) is 18.4 Å². The summed E-state index contributed by atoms with van der Waals surface area (Å²) in [5.41, 5.74) is 2.05. The minimum absolute atomic E-state index is 0.431. The van der Waals surface area contributed by atoms with Crippen molar-refractivity contribution < 1.29 is 0 Å². The molecule has 4 heteroatoms. The molecule has 3 nitrogen and oxygen atoms in total. The number of fused-ring (bicyclic) bond motifs is 1. The van der Waals surface area contributed by atoms with Crippen LogP contribution in [0.5, 0.6) is 0 Å². The summed E-state index contributed by atoms with van der Waals surface area (Å²) in [7, 11) is 0. The van der Waals surface area contributed by atoms with Gasteiger partial charge in [0.15, 0.2) is 0 Å². The molecule has 0 amide bonds. The molecule has 0 bridgehead atoms. The number of halogens is 1. The van der Waals surface area contributed by atoms with E-state index < -0.39 is 0 Å². The van der Waals surface area contributed by atoms with Crippen LogP contribution in [0.1, 0.15) is 12.5 Å². The van der Waals surface area contributed by atoms with E-state index in [1.54, 1.807) is 12.4 Å². The van der Waals surface area contributed by atoms with Crippen molar-refractivity contribution in [1.82, 2.24) is 9.97 Å². The molecule has 2 aromatic carbocycles. The van der Waals surface area contributed by atoms with E-state index >= 15 is 0 Å². The Morgan fingerprint density at radius 3 is 2.43 bits per heavy atom. The molecule has 0 unspecified atom stereocenters. The second kappa shape index (κ2) is 6.10. The maximum Gasteiger partial charge on any atom is 0.229 e. The Labute approximate surface area is 129 Å². The molecule has 3 aromatic rings. The molecule has 0 aliphatic heterocycles. The van der Waals surface area contributed by atoms with Gasteiger partial charge in [-0.25, -0.2) is 9.97 Å². The largest absolute Gasteiger partial charge is 0.310 e. The molecule has 106 valence electrons. The van der Waals surface area contributed by atoms with Gasteiger partial charge in [0, 0.05) is 29.9 Å². The quantitative estimate of drug-likeness (QED) is 0.663. The van der Waals surface area contributed by atoms with Crippen LogP contribution in [-0.2, 0) is 5.88 Å². The highest BCUT2D eigenvalue weighted by atomic mass is 35.5. The van der Waals surface area contributed by atoms with Crippen molar-refractivity contribution in [2.45, 2.75) is 12.8 Å². The maximum atomic E-state index is 5.79. The van der Waals surface area contributed by atoms with Gasteiger partial charge in [-0.15, -0.1) is 11.6 Å². The molecule has 0 saturated heterocycles. The fourth-order valence-electron chi connectivity index (χ4n) is 2.42. The van der Waals surface area contributed by atoms with Gasteiger partial charge in [0.2, 0.25) is 5.95 Å². The van der Waals surface area contributed by atoms with E-state index in [-0.39, 0.29) is 0 Å². The molecular weight excluding hydrogens is 282 g/mol. The Morgan fingerprint density at radius 1 is 1.00 bits per heavy atom. The highest BCUT2D eigenvalue weighted by molar-refractivity contribution is 6.17. The fraction of sp³-hybridized carbons (Fsp3) is 0.176. The lowest BCUT2D eigenvalue weighted by Crippen LogP contribution is -2.19. The first-order valence-electron chi connectivity index (χ1n) is 6.95. The molecule has 21 heavy (non-hydrogen) atoms. The SMILES string of the molecule is CCN(c1ncc(CCl)cn1)c1cccc2ccccc12. The second-order valence-corrected chi connectivity index (χ2v) is 5.03. The molecule has 0 aliphatic carbocycles. The van der Waals surface area contributed by atoms with Gasteiger partial charge < -0.3 is 4.90 Å². The summed E-state index contributed by atoms with van der Waals surface area (Å²) in [5.74, 6) is 1.13. The lowest BCUT2D eigenvalue weighted by atomic mass is 10.1. The monoisotopic (exact) mass is 297 g/mol. The van der Waals surface area contributed by atoms with Crippen molar-refractivity contribution in [2.24, 2.45) is 0 Å². The zero-order chi connectivity index (χ0) is 14.7. The Hall–Kier alpha value is -2.13. The Balaban J connectivity index is 2.09. The average molecular weight is 298 g/mol. The lowest BCUT2D eigenvalue weighted by Gasteiger charge is -2.22. The zero-order valence-corrected chi connectivity index (χ0v) is 12.6. The topological polar surface area (TPSA) is 29.0 Å². The van der Waals surface area contributed by atoms with Crippen molar-refractivity contribution >= 4 is 34.0 Å². The number of alkyl halides is 1. The maximum absolute atomic E-state index is 5.79. The summed E-state index contributed by atoms with van der Waals surface area (Å²) < 4.78 is 0. The summed E-state index contributed by atoms with van der Waals surface area (Å²) in [6.07, 6.45) is 3.56. The van der Waals surface area contributed by atoms with Crippen LogP contribution in [-0.4, -0.2) is 16.5 Å². The molecule has 0 fully saturated rings. The molecule has 0 atom stereocenters. The number of benzene rings is 2. The molecule has 0 N–H and O–H groups in total. The van der Waals surface area contributed by atoms with Crippen molar-refractivity contribution in [3.05, 3.63) is 60.4 Å². The van der Waals surface area contributed by atoms with E-state index in [1.165, 1.54) is 10.8 Å². The van der Waals surface area contributed by atoms with Gasteiger partial charge in [0.25, 0.3) is 0 Å². The van der Waals surface area contributed by atoms with Crippen LogP contribution in [0.2, 0.25) is 0 Å². The molecule has 3 rings (SSSR count). The Kier molecular flexibility index (Phi) is 4.02. The first kappa shape index (κ1) is 13.8. The predicted octanol–water partition coefficient (Wildman–Crippen LogP) is 4.53. The van der Waals surface area contributed by atoms with Crippen molar-refractivity contribution in [3.8, 4) is 0 Å². The third-order valence-corrected chi connectivity index (χ3v) is 3.77. The van der Waals surface area contributed by atoms with E-state index in [0.717, 1.165) is 17.8 Å². The normalized spacial score (nSPS) is 10.8. The summed E-state index contributed by atoms with van der Waals surface area (Å²) in [6, 6.07) is 14.6. The Morgan fingerprint density at radius 2 is 1.71 bits per heavy atom. The van der Waals surface area contributed by atoms with Gasteiger partial charge in [0.1, 0.15) is 0 Å². The van der Waals surface area contributed by atoms with E-state index in [2.05, 4.69) is 58.2 Å². The van der Waals surface area contributed by atoms with Gasteiger partial charge in [0.05, 0.1) is 11.6 Å². The third-order valence-electron chi connectivity index (χ3n) is 3.46. The van der Waals surface area contributed by atoms with Crippen molar-refractivity contribution in [1.29, 1.82) is 0 Å². The van der Waals surface area contributed by atoms with E-state index in [0.29, 0.717) is 11.8 Å². The minimum atomic E-state index is 0.431. The number of anilines is 2. The molecule has 0 saturated carbocycles. The van der Waals surface area contributed by atoms with Gasteiger partial charge in [-0.1, -0.05) is 36.4 Å². The first-order valence-corrected chi connectivity index (χ1v) is 7.49. The third kappa shape index (κ3) is 2.69. The minimum Gasteiger partial charge on any atom is -0.310 e. The lowest BCUT2D eigenvalue weighted by molar-refractivity contribution is 0.943. The number of hydrogen-bond acceptors (Lipinski definition) is 3. The molecule has 1 aromatic heterocycles. The van der Waals surface area contributed by atoms with Crippen LogP contribution in [0.15, 0.2) is 54.9 Å². The molecule has 0 radical (unpaired) electrons. The van der Waals surface area contributed by atoms with Crippen LogP contribution < -0.4 is 4.90 Å². The van der Waals surface area contributed by atoms with Crippen molar-refractivity contribution in [2.75, 3.05) is 11.4 Å². The summed E-state index contributed by atoms with van der Waals surface area (Å²) in [5, 5.41) is 2.41. The molecule has 0 aliphatic rings. The summed E-state index contributed by atoms with van der Waals surface area (Å²) >= 11 is 5.79. The van der Waals surface area contributed by atoms with E-state index in [1.807, 2.05) is 6.07 Å². The smallest absolute Gasteiger partial charge is 0.229 e. The summed E-state index contributed by atoms with van der Waals surface area (Å²) in [6.45, 7) is 2.90. The molecular formula is C17H16ClN3. The predicted molar refractivity (Wildman–Crippen MR) is 88.2 cm³/mol. The van der Waals surface area contributed by atoms with Crippen LogP contribution in [0.3, 0.4) is 0 Å². The number of rotatable bonds is 4. The zero-order valence-electron chi connectivity index (χ0n) is 11.8. The van der Waals surface area contributed by atoms with Crippen LogP contribution in [0.4, 0.5) is 11.6 Å². The van der Waals surface area contributed by atoms with Crippen LogP contribution >= 0.6 is 11.6 Å². The van der Waals surface area contributed by atoms with Crippen molar-refractivity contribution in [3.63, 3.8) is 0 Å². The Bertz CT molecular complexity index is 735. The molecule has 0 spiro atoms. The molecule has 1 heterocycles. The number of hydrogen-bond donors (Lipinski definition) is 0. The second-order valence-electron chi connectivity index (χ2n) is 4.77. The average Bonchev–Trinajstić information content (AvgIpc) is 2.56. The standard InChI is InChI=1S/C17H16ClN3/c1-2-21(17-19-11-13(10-18)12-20-17)16-9-5-7-14-6-3-4-8-15(14)16/h3-9,11-12H,2,10H2,1H3. The van der Waals surface area contributed by atoms with Crippen LogP contribution in [0, 0.1) is 0 Å². The highest BCUT2D eigenvalue weighted by Gasteiger charge is 2.12. The fourth-order valence-corrected chi connectivity index (χ4v) is 2.56. The van der Waals surface area contributed by atoms with Crippen LogP contribution in [0.25, 0.3) is 10.8 Å². The number of nitrogens with zero attached hydrogens (tertiary/aromatic N) is 3. The van der Waals surface area contributed by atoms with E-state index in [4.69, 9.17) is 11.6 Å². The van der Waals surface area contributed by atoms with Gasteiger partial charge in [-0.3, -0.25) is 0 Å². The highest BCUT2D eigenvalue weighted by Crippen LogP contribution is 2.30. The first-order chi connectivity index (χ1) is 10.3. The number of aromatic nitrogens is 2. The van der Waals surface area contributed by atoms with Gasteiger partial charge in [-0.2, -0.15) is 0 Å². The van der Waals surface area contributed by atoms with Gasteiger partial charge >= 0.3 is 0 Å². The van der Waals surface area contributed by atoms with E-state index in [9.17, 15) is 0 Å².